The molecule has 166 valence electrons. The van der Waals surface area contributed by atoms with Gasteiger partial charge in [-0.25, -0.2) is 4.68 Å². The van der Waals surface area contributed by atoms with Crippen molar-refractivity contribution >= 4 is 23.4 Å². The Morgan fingerprint density at radius 3 is 2.61 bits per heavy atom. The van der Waals surface area contributed by atoms with E-state index in [1.165, 1.54) is 12.8 Å². The topological polar surface area (TPSA) is 70.5 Å². The van der Waals surface area contributed by atoms with Crippen molar-refractivity contribution in [2.45, 2.75) is 32.6 Å². The predicted octanol–water partition coefficient (Wildman–Crippen LogP) is 2.90. The van der Waals surface area contributed by atoms with Crippen LogP contribution in [-0.4, -0.2) is 70.7 Å². The van der Waals surface area contributed by atoms with Gasteiger partial charge in [0.15, 0.2) is 0 Å². The fraction of sp³-hybridized carbons (Fsp3) is 0.522. The Morgan fingerprint density at radius 2 is 1.90 bits per heavy atom. The van der Waals surface area contributed by atoms with E-state index in [0.717, 1.165) is 56.9 Å². The molecule has 1 aliphatic heterocycles. The van der Waals surface area contributed by atoms with Gasteiger partial charge < -0.3 is 10.2 Å². The SMILES string of the molecule is Cc1c(C(=O)NCCN2CCN(C(=O)C3CCCC3)CC2)cnn1-c1cccc(Cl)c1. The number of piperazine rings is 1. The molecule has 2 amide bonds. The van der Waals surface area contributed by atoms with Crippen molar-refractivity contribution in [2.75, 3.05) is 39.3 Å². The second-order valence-electron chi connectivity index (χ2n) is 8.44. The quantitative estimate of drug-likeness (QED) is 0.745. The van der Waals surface area contributed by atoms with Crippen molar-refractivity contribution in [3.63, 3.8) is 0 Å². The summed E-state index contributed by atoms with van der Waals surface area (Å²) in [5.74, 6) is 0.473. The van der Waals surface area contributed by atoms with Crippen molar-refractivity contribution < 1.29 is 9.59 Å². The molecule has 2 aliphatic rings. The average Bonchev–Trinajstić information content (AvgIpc) is 3.44. The van der Waals surface area contributed by atoms with Gasteiger partial charge in [0, 0.05) is 50.2 Å². The van der Waals surface area contributed by atoms with Gasteiger partial charge in [-0.1, -0.05) is 30.5 Å². The number of nitrogens with one attached hydrogen (secondary N) is 1. The van der Waals surface area contributed by atoms with E-state index in [1.807, 2.05) is 36.1 Å². The number of benzene rings is 1. The molecular formula is C23H30ClN5O2. The Labute approximate surface area is 188 Å². The van der Waals surface area contributed by atoms with Gasteiger partial charge in [0.1, 0.15) is 0 Å². The zero-order valence-electron chi connectivity index (χ0n) is 18.0. The average molecular weight is 444 g/mol. The highest BCUT2D eigenvalue weighted by Gasteiger charge is 2.29. The van der Waals surface area contributed by atoms with Crippen LogP contribution in [0, 0.1) is 12.8 Å². The van der Waals surface area contributed by atoms with E-state index in [0.29, 0.717) is 23.0 Å². The number of hydrogen-bond acceptors (Lipinski definition) is 4. The van der Waals surface area contributed by atoms with Crippen molar-refractivity contribution in [2.24, 2.45) is 5.92 Å². The molecule has 1 aromatic carbocycles. The third-order valence-corrected chi connectivity index (χ3v) is 6.64. The van der Waals surface area contributed by atoms with Gasteiger partial charge in [-0.2, -0.15) is 5.10 Å². The van der Waals surface area contributed by atoms with Crippen LogP contribution < -0.4 is 5.32 Å². The minimum absolute atomic E-state index is 0.124. The highest BCUT2D eigenvalue weighted by Crippen LogP contribution is 2.27. The number of aromatic nitrogens is 2. The zero-order chi connectivity index (χ0) is 21.8. The Balaban J connectivity index is 1.23. The third-order valence-electron chi connectivity index (χ3n) is 6.41. The first-order valence-electron chi connectivity index (χ1n) is 11.1. The van der Waals surface area contributed by atoms with Gasteiger partial charge in [-0.05, 0) is 38.0 Å². The molecule has 0 unspecified atom stereocenters. The molecule has 8 heteroatoms. The predicted molar refractivity (Wildman–Crippen MR) is 121 cm³/mol. The number of halogens is 1. The third kappa shape index (κ3) is 5.10. The van der Waals surface area contributed by atoms with Crippen LogP contribution in [0.15, 0.2) is 30.5 Å². The summed E-state index contributed by atoms with van der Waals surface area (Å²) in [6.45, 7) is 6.52. The number of amides is 2. The fourth-order valence-electron chi connectivity index (χ4n) is 4.55. The lowest BCUT2D eigenvalue weighted by Crippen LogP contribution is -2.51. The summed E-state index contributed by atoms with van der Waals surface area (Å²) in [6.07, 6.45) is 6.08. The standard InChI is InChI=1S/C23H30ClN5O2/c1-17-21(16-26-29(17)20-8-4-7-19(24)15-20)22(30)25-9-10-27-11-13-28(14-12-27)23(31)18-5-2-3-6-18/h4,7-8,15-16,18H,2-3,5-6,9-14H2,1H3,(H,25,30). The Morgan fingerprint density at radius 1 is 1.16 bits per heavy atom. The van der Waals surface area contributed by atoms with Gasteiger partial charge >= 0.3 is 0 Å². The lowest BCUT2D eigenvalue weighted by Gasteiger charge is -2.36. The lowest BCUT2D eigenvalue weighted by molar-refractivity contribution is -0.137. The molecule has 0 radical (unpaired) electrons. The second kappa shape index (κ2) is 9.83. The molecule has 1 aromatic heterocycles. The molecule has 0 atom stereocenters. The molecule has 31 heavy (non-hydrogen) atoms. The molecule has 7 nitrogen and oxygen atoms in total. The number of carbonyl (C=O) groups is 2. The molecule has 2 fully saturated rings. The first kappa shape index (κ1) is 21.8. The molecular weight excluding hydrogens is 414 g/mol. The van der Waals surface area contributed by atoms with Crippen LogP contribution in [0.2, 0.25) is 5.02 Å². The summed E-state index contributed by atoms with van der Waals surface area (Å²) < 4.78 is 1.72. The maximum Gasteiger partial charge on any atom is 0.254 e. The van der Waals surface area contributed by atoms with E-state index in [9.17, 15) is 9.59 Å². The maximum atomic E-state index is 12.6. The summed E-state index contributed by atoms with van der Waals surface area (Å²) in [4.78, 5) is 29.5. The Kier molecular flexibility index (Phi) is 6.92. The van der Waals surface area contributed by atoms with Crippen molar-refractivity contribution in [1.29, 1.82) is 0 Å². The van der Waals surface area contributed by atoms with Gasteiger partial charge in [-0.15, -0.1) is 0 Å². The van der Waals surface area contributed by atoms with E-state index >= 15 is 0 Å². The molecule has 1 aliphatic carbocycles. The lowest BCUT2D eigenvalue weighted by atomic mass is 10.1. The van der Waals surface area contributed by atoms with Crippen molar-refractivity contribution in [3.8, 4) is 5.69 Å². The number of nitrogens with zero attached hydrogens (tertiary/aromatic N) is 4. The monoisotopic (exact) mass is 443 g/mol. The van der Waals surface area contributed by atoms with E-state index in [-0.39, 0.29) is 11.8 Å². The number of hydrogen-bond donors (Lipinski definition) is 1. The molecule has 2 aromatic rings. The summed E-state index contributed by atoms with van der Waals surface area (Å²) >= 11 is 6.07. The first-order chi connectivity index (χ1) is 15.0. The molecule has 1 saturated carbocycles. The Hall–Kier alpha value is -2.38. The Bertz CT molecular complexity index is 930. The highest BCUT2D eigenvalue weighted by atomic mass is 35.5. The molecule has 1 saturated heterocycles. The van der Waals surface area contributed by atoms with Gasteiger partial charge in [-0.3, -0.25) is 14.5 Å². The van der Waals surface area contributed by atoms with Crippen LogP contribution >= 0.6 is 11.6 Å². The smallest absolute Gasteiger partial charge is 0.254 e. The zero-order valence-corrected chi connectivity index (χ0v) is 18.8. The minimum Gasteiger partial charge on any atom is -0.351 e. The van der Waals surface area contributed by atoms with Crippen LogP contribution in [0.1, 0.15) is 41.7 Å². The van der Waals surface area contributed by atoms with Crippen molar-refractivity contribution in [3.05, 3.63) is 46.7 Å². The largest absolute Gasteiger partial charge is 0.351 e. The van der Waals surface area contributed by atoms with Gasteiger partial charge in [0.2, 0.25) is 5.91 Å². The second-order valence-corrected chi connectivity index (χ2v) is 8.88. The molecule has 0 spiro atoms. The molecule has 1 N–H and O–H groups in total. The van der Waals surface area contributed by atoms with Crippen LogP contribution in [0.4, 0.5) is 0 Å². The summed E-state index contributed by atoms with van der Waals surface area (Å²) in [7, 11) is 0. The number of carbonyl (C=O) groups excluding carboxylic acids is 2. The summed E-state index contributed by atoms with van der Waals surface area (Å²) in [5, 5.41) is 7.98. The van der Waals surface area contributed by atoms with E-state index in [4.69, 9.17) is 11.6 Å². The fourth-order valence-corrected chi connectivity index (χ4v) is 4.73. The first-order valence-corrected chi connectivity index (χ1v) is 11.5. The summed E-state index contributed by atoms with van der Waals surface area (Å²) in [5.41, 5.74) is 2.17. The van der Waals surface area contributed by atoms with Crippen molar-refractivity contribution in [1.82, 2.24) is 24.9 Å². The summed E-state index contributed by atoms with van der Waals surface area (Å²) in [6, 6.07) is 7.40. The van der Waals surface area contributed by atoms with Crippen LogP contribution in [0.3, 0.4) is 0 Å². The van der Waals surface area contributed by atoms with E-state index < -0.39 is 0 Å². The number of rotatable bonds is 6. The van der Waals surface area contributed by atoms with Crippen LogP contribution in [0.25, 0.3) is 5.69 Å². The highest BCUT2D eigenvalue weighted by molar-refractivity contribution is 6.30. The van der Waals surface area contributed by atoms with E-state index in [2.05, 4.69) is 15.3 Å². The molecule has 2 heterocycles. The van der Waals surface area contributed by atoms with Gasteiger partial charge in [0.05, 0.1) is 23.1 Å². The molecule has 0 bridgehead atoms. The minimum atomic E-state index is -0.124. The van der Waals surface area contributed by atoms with Gasteiger partial charge in [0.25, 0.3) is 5.91 Å². The van der Waals surface area contributed by atoms with E-state index in [1.54, 1.807) is 10.9 Å². The normalized spacial score (nSPS) is 17.8. The molecule has 4 rings (SSSR count). The van der Waals surface area contributed by atoms with Crippen LogP contribution in [-0.2, 0) is 4.79 Å². The van der Waals surface area contributed by atoms with Crippen LogP contribution in [0.5, 0.6) is 0 Å². The maximum absolute atomic E-state index is 12.6.